The Balaban J connectivity index is 1.86. The van der Waals surface area contributed by atoms with Gasteiger partial charge in [-0.05, 0) is 43.7 Å². The van der Waals surface area contributed by atoms with Crippen molar-refractivity contribution in [2.45, 2.75) is 45.3 Å². The zero-order valence-electron chi connectivity index (χ0n) is 11.3. The lowest BCUT2D eigenvalue weighted by molar-refractivity contribution is -0.159. The van der Waals surface area contributed by atoms with Crippen molar-refractivity contribution >= 4 is 23.2 Å². The zero-order valence-corrected chi connectivity index (χ0v) is 12.1. The molecule has 2 aliphatic heterocycles. The average Bonchev–Trinajstić information content (AvgIpc) is 3.01. The zero-order chi connectivity index (χ0) is 13.6. The number of amides is 2. The van der Waals surface area contributed by atoms with Gasteiger partial charge in [0.05, 0.1) is 6.54 Å². The number of carbonyl (C=O) groups excluding carboxylic acids is 2. The fraction of sp³-hybridized carbons (Fsp3) is 0.571. The number of fused-ring (bicyclic) bond motifs is 1. The summed E-state index contributed by atoms with van der Waals surface area (Å²) in [6.45, 7) is 5.21. The molecule has 19 heavy (non-hydrogen) atoms. The summed E-state index contributed by atoms with van der Waals surface area (Å²) in [6.07, 6.45) is 1.76. The Morgan fingerprint density at radius 3 is 2.84 bits per heavy atom. The van der Waals surface area contributed by atoms with Gasteiger partial charge < -0.3 is 9.80 Å². The molecule has 3 rings (SSSR count). The number of aryl methyl sites for hydroxylation is 1. The first-order valence-electron chi connectivity index (χ1n) is 6.73. The third-order valence-electron chi connectivity index (χ3n) is 4.21. The van der Waals surface area contributed by atoms with Crippen LogP contribution in [-0.2, 0) is 16.1 Å². The van der Waals surface area contributed by atoms with E-state index in [-0.39, 0.29) is 23.9 Å². The molecule has 2 saturated heterocycles. The quantitative estimate of drug-likeness (QED) is 0.827. The van der Waals surface area contributed by atoms with Crippen molar-refractivity contribution in [3.63, 3.8) is 0 Å². The van der Waals surface area contributed by atoms with Crippen LogP contribution in [0.1, 0.15) is 30.2 Å². The Bertz CT molecular complexity index is 525. The van der Waals surface area contributed by atoms with Crippen molar-refractivity contribution in [2.75, 3.05) is 6.54 Å². The Hall–Kier alpha value is -1.36. The Morgan fingerprint density at radius 1 is 1.37 bits per heavy atom. The van der Waals surface area contributed by atoms with Crippen LogP contribution in [0.2, 0.25) is 0 Å². The Morgan fingerprint density at radius 2 is 2.16 bits per heavy atom. The van der Waals surface area contributed by atoms with E-state index in [0.717, 1.165) is 19.4 Å². The summed E-state index contributed by atoms with van der Waals surface area (Å²) in [5, 5.41) is 2.04. The van der Waals surface area contributed by atoms with E-state index in [0.29, 0.717) is 6.54 Å². The number of hydrogen-bond donors (Lipinski definition) is 0. The standard InChI is InChI=1S/C14H18N2O2S/c1-9-5-7-19-12(9)8-16-10(2)13(17)15-6-3-4-11(15)14(16)18/h5,7,10-11H,3-4,6,8H2,1-2H3. The molecule has 2 atom stereocenters. The van der Waals surface area contributed by atoms with E-state index in [4.69, 9.17) is 0 Å². The van der Waals surface area contributed by atoms with Crippen molar-refractivity contribution in [3.8, 4) is 0 Å². The topological polar surface area (TPSA) is 40.6 Å². The van der Waals surface area contributed by atoms with E-state index >= 15 is 0 Å². The maximum absolute atomic E-state index is 12.5. The highest BCUT2D eigenvalue weighted by atomic mass is 32.1. The predicted molar refractivity (Wildman–Crippen MR) is 73.8 cm³/mol. The molecule has 0 spiro atoms. The summed E-state index contributed by atoms with van der Waals surface area (Å²) < 4.78 is 0. The Kier molecular flexibility index (Phi) is 3.09. The largest absolute Gasteiger partial charge is 0.329 e. The average molecular weight is 278 g/mol. The van der Waals surface area contributed by atoms with Gasteiger partial charge in [0.25, 0.3) is 0 Å². The van der Waals surface area contributed by atoms with Gasteiger partial charge in [-0.2, -0.15) is 0 Å². The lowest BCUT2D eigenvalue weighted by atomic mass is 10.1. The van der Waals surface area contributed by atoms with Crippen LogP contribution in [0.4, 0.5) is 0 Å². The first-order valence-corrected chi connectivity index (χ1v) is 7.61. The molecule has 0 aromatic carbocycles. The maximum Gasteiger partial charge on any atom is 0.246 e. The van der Waals surface area contributed by atoms with E-state index in [9.17, 15) is 9.59 Å². The normalized spacial score (nSPS) is 27.1. The van der Waals surface area contributed by atoms with E-state index in [1.54, 1.807) is 21.1 Å². The molecule has 3 heterocycles. The minimum atomic E-state index is -0.330. The molecule has 0 radical (unpaired) electrons. The fourth-order valence-corrected chi connectivity index (χ4v) is 3.88. The summed E-state index contributed by atoms with van der Waals surface area (Å²) in [7, 11) is 0. The van der Waals surface area contributed by atoms with Gasteiger partial charge in [0, 0.05) is 11.4 Å². The van der Waals surface area contributed by atoms with Crippen LogP contribution in [0.5, 0.6) is 0 Å². The van der Waals surface area contributed by atoms with Crippen LogP contribution in [0.25, 0.3) is 0 Å². The highest BCUT2D eigenvalue weighted by Gasteiger charge is 2.45. The van der Waals surface area contributed by atoms with Crippen molar-refractivity contribution in [1.82, 2.24) is 9.80 Å². The summed E-state index contributed by atoms with van der Waals surface area (Å²) in [6, 6.07) is 1.52. The van der Waals surface area contributed by atoms with Gasteiger partial charge in [-0.1, -0.05) is 0 Å². The molecule has 2 aliphatic rings. The second kappa shape index (κ2) is 4.63. The highest BCUT2D eigenvalue weighted by molar-refractivity contribution is 7.10. The van der Waals surface area contributed by atoms with Crippen molar-refractivity contribution < 1.29 is 9.59 Å². The van der Waals surface area contributed by atoms with Crippen LogP contribution < -0.4 is 0 Å². The van der Waals surface area contributed by atoms with Crippen molar-refractivity contribution in [3.05, 3.63) is 21.9 Å². The molecule has 102 valence electrons. The van der Waals surface area contributed by atoms with E-state index in [2.05, 4.69) is 13.0 Å². The molecular formula is C14H18N2O2S. The smallest absolute Gasteiger partial charge is 0.246 e. The number of hydrogen-bond acceptors (Lipinski definition) is 3. The second-order valence-corrected chi connectivity index (χ2v) is 6.36. The number of thiophene rings is 1. The number of piperazine rings is 1. The minimum Gasteiger partial charge on any atom is -0.329 e. The van der Waals surface area contributed by atoms with Crippen LogP contribution in [-0.4, -0.2) is 40.2 Å². The Labute approximate surface area is 117 Å². The maximum atomic E-state index is 12.5. The lowest BCUT2D eigenvalue weighted by Crippen LogP contribution is -2.61. The third kappa shape index (κ3) is 1.96. The predicted octanol–water partition coefficient (Wildman–Crippen LogP) is 1.78. The van der Waals surface area contributed by atoms with Gasteiger partial charge in [0.2, 0.25) is 11.8 Å². The highest BCUT2D eigenvalue weighted by Crippen LogP contribution is 2.29. The molecule has 0 saturated carbocycles. The summed E-state index contributed by atoms with van der Waals surface area (Å²) in [4.78, 5) is 29.6. The minimum absolute atomic E-state index is 0.108. The lowest BCUT2D eigenvalue weighted by Gasteiger charge is -2.40. The fourth-order valence-electron chi connectivity index (χ4n) is 2.98. The monoisotopic (exact) mass is 278 g/mol. The molecule has 4 nitrogen and oxygen atoms in total. The van der Waals surface area contributed by atoms with Gasteiger partial charge in [-0.15, -0.1) is 11.3 Å². The molecule has 2 fully saturated rings. The van der Waals surface area contributed by atoms with Gasteiger partial charge >= 0.3 is 0 Å². The summed E-state index contributed by atoms with van der Waals surface area (Å²) >= 11 is 1.65. The van der Waals surface area contributed by atoms with Gasteiger partial charge in [-0.25, -0.2) is 0 Å². The van der Waals surface area contributed by atoms with Gasteiger partial charge in [0.1, 0.15) is 12.1 Å². The van der Waals surface area contributed by atoms with Gasteiger partial charge in [-0.3, -0.25) is 9.59 Å². The molecule has 0 N–H and O–H groups in total. The SMILES string of the molecule is Cc1ccsc1CN1C(=O)C2CCCN2C(=O)C1C. The van der Waals surface area contributed by atoms with E-state index in [1.807, 2.05) is 12.3 Å². The molecule has 1 aromatic rings. The third-order valence-corrected chi connectivity index (χ3v) is 5.22. The molecule has 0 bridgehead atoms. The first kappa shape index (κ1) is 12.7. The van der Waals surface area contributed by atoms with Crippen LogP contribution in [0.3, 0.4) is 0 Å². The number of rotatable bonds is 2. The molecule has 1 aromatic heterocycles. The van der Waals surface area contributed by atoms with Crippen molar-refractivity contribution in [1.29, 1.82) is 0 Å². The van der Waals surface area contributed by atoms with Crippen molar-refractivity contribution in [2.24, 2.45) is 0 Å². The summed E-state index contributed by atoms with van der Waals surface area (Å²) in [5.74, 6) is 0.230. The second-order valence-electron chi connectivity index (χ2n) is 5.36. The van der Waals surface area contributed by atoms with Crippen LogP contribution in [0.15, 0.2) is 11.4 Å². The van der Waals surface area contributed by atoms with Crippen LogP contribution >= 0.6 is 11.3 Å². The van der Waals surface area contributed by atoms with E-state index < -0.39 is 0 Å². The molecular weight excluding hydrogens is 260 g/mol. The van der Waals surface area contributed by atoms with Gasteiger partial charge in [0.15, 0.2) is 0 Å². The van der Waals surface area contributed by atoms with E-state index in [1.165, 1.54) is 10.4 Å². The molecule has 2 amide bonds. The molecule has 5 heteroatoms. The molecule has 2 unspecified atom stereocenters. The summed E-state index contributed by atoms with van der Waals surface area (Å²) in [5.41, 5.74) is 1.20. The molecule has 0 aliphatic carbocycles. The number of carbonyl (C=O) groups is 2. The number of nitrogens with zero attached hydrogens (tertiary/aromatic N) is 2. The van der Waals surface area contributed by atoms with Crippen LogP contribution in [0, 0.1) is 6.92 Å². The first-order chi connectivity index (χ1) is 9.09.